The molecule has 0 aliphatic carbocycles. The van der Waals surface area contributed by atoms with E-state index in [2.05, 4.69) is 39.1 Å². The second-order valence-corrected chi connectivity index (χ2v) is 6.34. The van der Waals surface area contributed by atoms with Crippen LogP contribution in [0.5, 0.6) is 0 Å². The largest absolute Gasteiger partial charge is 0.355 e. The van der Waals surface area contributed by atoms with Gasteiger partial charge in [-0.3, -0.25) is 9.58 Å². The molecule has 0 aromatic carbocycles. The Bertz CT molecular complexity index is 735. The molecule has 2 aromatic heterocycles. The van der Waals surface area contributed by atoms with E-state index in [1.54, 1.807) is 6.07 Å². The molecule has 1 aliphatic rings. The van der Waals surface area contributed by atoms with E-state index < -0.39 is 0 Å². The number of nitrogens with zero attached hydrogens (tertiary/aromatic N) is 6. The molecule has 0 atom stereocenters. The molecule has 3 heterocycles. The Morgan fingerprint density at radius 3 is 2.88 bits per heavy atom. The Morgan fingerprint density at radius 2 is 2.12 bits per heavy atom. The van der Waals surface area contributed by atoms with Gasteiger partial charge < -0.3 is 4.90 Å². The molecule has 1 aliphatic heterocycles. The Kier molecular flexibility index (Phi) is 5.34. The average molecular weight is 345 g/mol. The number of halogens is 1. The van der Waals surface area contributed by atoms with Crippen molar-refractivity contribution in [3.05, 3.63) is 40.8 Å². The first-order chi connectivity index (χ1) is 11.7. The molecule has 1 saturated heterocycles. The van der Waals surface area contributed by atoms with Gasteiger partial charge in [0.25, 0.3) is 0 Å². The van der Waals surface area contributed by atoms with Crippen LogP contribution >= 0.6 is 11.6 Å². The number of nitriles is 1. The first kappa shape index (κ1) is 16.7. The summed E-state index contributed by atoms with van der Waals surface area (Å²) >= 11 is 5.98. The molecular formula is C17H21ClN6. The molecule has 0 saturated carbocycles. The molecule has 0 unspecified atom stereocenters. The number of hydrogen-bond donors (Lipinski definition) is 0. The van der Waals surface area contributed by atoms with Crippen LogP contribution in [0, 0.1) is 11.3 Å². The van der Waals surface area contributed by atoms with Gasteiger partial charge in [0, 0.05) is 51.0 Å². The van der Waals surface area contributed by atoms with Crippen molar-refractivity contribution in [2.45, 2.75) is 26.4 Å². The van der Waals surface area contributed by atoms with Crippen LogP contribution in [0.1, 0.15) is 24.6 Å². The van der Waals surface area contributed by atoms with Crippen molar-refractivity contribution in [2.75, 3.05) is 31.1 Å². The first-order valence-corrected chi connectivity index (χ1v) is 8.62. The van der Waals surface area contributed by atoms with Gasteiger partial charge in [-0.1, -0.05) is 11.6 Å². The van der Waals surface area contributed by atoms with Crippen molar-refractivity contribution < 1.29 is 0 Å². The smallest absolute Gasteiger partial charge is 0.161 e. The molecule has 7 heteroatoms. The van der Waals surface area contributed by atoms with Crippen LogP contribution < -0.4 is 4.90 Å². The number of pyridine rings is 1. The van der Waals surface area contributed by atoms with Crippen molar-refractivity contribution in [3.8, 4) is 6.07 Å². The highest BCUT2D eigenvalue weighted by Crippen LogP contribution is 2.20. The lowest BCUT2D eigenvalue weighted by Crippen LogP contribution is -2.31. The summed E-state index contributed by atoms with van der Waals surface area (Å²) in [6, 6.07) is 5.70. The lowest BCUT2D eigenvalue weighted by atomic mass is 10.3. The van der Waals surface area contributed by atoms with E-state index in [0.717, 1.165) is 51.5 Å². The Morgan fingerprint density at radius 1 is 1.25 bits per heavy atom. The molecule has 0 bridgehead atoms. The lowest BCUT2D eigenvalue weighted by Gasteiger charge is -2.22. The number of aryl methyl sites for hydroxylation is 1. The number of anilines is 1. The van der Waals surface area contributed by atoms with Crippen molar-refractivity contribution in [3.63, 3.8) is 0 Å². The molecule has 0 radical (unpaired) electrons. The van der Waals surface area contributed by atoms with Crippen molar-refractivity contribution in [2.24, 2.45) is 0 Å². The fraction of sp³-hybridized carbons (Fsp3) is 0.471. The quantitative estimate of drug-likeness (QED) is 0.853. The zero-order valence-electron chi connectivity index (χ0n) is 13.8. The van der Waals surface area contributed by atoms with Gasteiger partial charge in [-0.2, -0.15) is 10.4 Å². The van der Waals surface area contributed by atoms with Crippen molar-refractivity contribution in [1.29, 1.82) is 5.26 Å². The van der Waals surface area contributed by atoms with E-state index in [1.165, 1.54) is 5.56 Å². The van der Waals surface area contributed by atoms with Crippen LogP contribution in [0.15, 0.2) is 24.5 Å². The third kappa shape index (κ3) is 3.86. The first-order valence-electron chi connectivity index (χ1n) is 8.25. The molecular weight excluding hydrogens is 324 g/mol. The van der Waals surface area contributed by atoms with E-state index in [4.69, 9.17) is 16.9 Å². The number of hydrogen-bond acceptors (Lipinski definition) is 5. The topological polar surface area (TPSA) is 61.0 Å². The molecule has 24 heavy (non-hydrogen) atoms. The van der Waals surface area contributed by atoms with Gasteiger partial charge in [0.2, 0.25) is 0 Å². The van der Waals surface area contributed by atoms with Crippen LogP contribution in [0.3, 0.4) is 0 Å². The molecule has 1 fully saturated rings. The zero-order valence-corrected chi connectivity index (χ0v) is 14.6. The van der Waals surface area contributed by atoms with E-state index in [-0.39, 0.29) is 0 Å². The van der Waals surface area contributed by atoms with Crippen LogP contribution in [-0.2, 0) is 13.1 Å². The van der Waals surface area contributed by atoms with E-state index in [1.807, 2.05) is 16.9 Å². The standard InChI is InChI=1S/C17H21ClN6/c1-2-24-13-14(11-20-24)12-22-6-3-7-23(9-8-22)17-5-4-15(18)16(10-19)21-17/h4-5,11,13H,2-3,6-9,12H2,1H3. The van der Waals surface area contributed by atoms with Crippen LogP contribution in [-0.4, -0.2) is 45.8 Å². The summed E-state index contributed by atoms with van der Waals surface area (Å²) in [5, 5.41) is 13.8. The van der Waals surface area contributed by atoms with E-state index in [9.17, 15) is 0 Å². The van der Waals surface area contributed by atoms with Gasteiger partial charge in [0.1, 0.15) is 11.9 Å². The minimum absolute atomic E-state index is 0.294. The molecule has 0 amide bonds. The highest BCUT2D eigenvalue weighted by atomic mass is 35.5. The van der Waals surface area contributed by atoms with E-state index >= 15 is 0 Å². The maximum absolute atomic E-state index is 9.09. The fourth-order valence-electron chi connectivity index (χ4n) is 2.96. The van der Waals surface area contributed by atoms with Gasteiger partial charge in [-0.25, -0.2) is 4.98 Å². The predicted octanol–water partition coefficient (Wildman–Crippen LogP) is 2.54. The summed E-state index contributed by atoms with van der Waals surface area (Å²) in [6.07, 6.45) is 5.13. The second-order valence-electron chi connectivity index (χ2n) is 5.93. The predicted molar refractivity (Wildman–Crippen MR) is 94.0 cm³/mol. The SMILES string of the molecule is CCn1cc(CN2CCCN(c3ccc(Cl)c(C#N)n3)CC2)cn1. The lowest BCUT2D eigenvalue weighted by molar-refractivity contribution is 0.285. The molecule has 6 nitrogen and oxygen atoms in total. The third-order valence-corrected chi connectivity index (χ3v) is 4.57. The summed E-state index contributed by atoms with van der Waals surface area (Å²) in [4.78, 5) is 9.05. The van der Waals surface area contributed by atoms with E-state index in [0.29, 0.717) is 10.7 Å². The molecule has 0 N–H and O–H groups in total. The molecule has 126 valence electrons. The fourth-order valence-corrected chi connectivity index (χ4v) is 3.11. The van der Waals surface area contributed by atoms with Gasteiger partial charge in [0.15, 0.2) is 5.69 Å². The minimum Gasteiger partial charge on any atom is -0.355 e. The summed E-state index contributed by atoms with van der Waals surface area (Å²) < 4.78 is 1.96. The molecule has 3 rings (SSSR count). The monoisotopic (exact) mass is 344 g/mol. The maximum atomic E-state index is 9.09. The minimum atomic E-state index is 0.294. The number of aromatic nitrogens is 3. The molecule has 0 spiro atoms. The summed E-state index contributed by atoms with van der Waals surface area (Å²) in [5.41, 5.74) is 1.55. The normalized spacial score (nSPS) is 16.0. The Balaban J connectivity index is 1.63. The maximum Gasteiger partial charge on any atom is 0.161 e. The average Bonchev–Trinajstić information content (AvgIpc) is 2.93. The van der Waals surface area contributed by atoms with Crippen molar-refractivity contribution >= 4 is 17.4 Å². The summed E-state index contributed by atoms with van der Waals surface area (Å²) in [5.74, 6) is 0.830. The van der Waals surface area contributed by atoms with Crippen LogP contribution in [0.4, 0.5) is 5.82 Å². The van der Waals surface area contributed by atoms with Crippen molar-refractivity contribution in [1.82, 2.24) is 19.7 Å². The number of rotatable bonds is 4. The summed E-state index contributed by atoms with van der Waals surface area (Å²) in [6.45, 7) is 7.75. The van der Waals surface area contributed by atoms with Gasteiger partial charge in [-0.15, -0.1) is 0 Å². The highest BCUT2D eigenvalue weighted by molar-refractivity contribution is 6.31. The van der Waals surface area contributed by atoms with Crippen LogP contribution in [0.25, 0.3) is 0 Å². The zero-order chi connectivity index (χ0) is 16.9. The summed E-state index contributed by atoms with van der Waals surface area (Å²) in [7, 11) is 0. The Hall–Kier alpha value is -2.10. The second kappa shape index (κ2) is 7.65. The van der Waals surface area contributed by atoms with Gasteiger partial charge in [0.05, 0.1) is 11.2 Å². The third-order valence-electron chi connectivity index (χ3n) is 4.27. The molecule has 2 aromatic rings. The van der Waals surface area contributed by atoms with Crippen LogP contribution in [0.2, 0.25) is 5.02 Å². The highest BCUT2D eigenvalue weighted by Gasteiger charge is 2.17. The Labute approximate surface area is 147 Å². The van der Waals surface area contributed by atoms with Gasteiger partial charge >= 0.3 is 0 Å². The van der Waals surface area contributed by atoms with Gasteiger partial charge in [-0.05, 0) is 25.5 Å².